The van der Waals surface area contributed by atoms with Gasteiger partial charge in [0, 0.05) is 0 Å². The Balaban J connectivity index is 5.87. The van der Waals surface area contributed by atoms with Crippen molar-refractivity contribution in [3.63, 3.8) is 0 Å². The van der Waals surface area contributed by atoms with Crippen molar-refractivity contribution in [3.05, 3.63) is 0 Å². The molecule has 2 nitrogen and oxygen atoms in total. The fourth-order valence-corrected chi connectivity index (χ4v) is 2.96. The molecule has 15 heteroatoms. The molecule has 0 bridgehead atoms. The molecule has 36 heavy (non-hydrogen) atoms. The molecule has 0 fully saturated rings. The van der Waals surface area contributed by atoms with Gasteiger partial charge in [-0.2, -0.15) is 57.1 Å². The molecule has 0 heterocycles. The van der Waals surface area contributed by atoms with Crippen LogP contribution in [0.2, 0.25) is 0 Å². The summed E-state index contributed by atoms with van der Waals surface area (Å²) in [6, 6.07) is 0. The lowest BCUT2D eigenvalue weighted by molar-refractivity contribution is -0.440. The first-order chi connectivity index (χ1) is 15.6. The average molecular weight is 560 g/mol. The maximum Gasteiger partial charge on any atom is 0.460 e. The Labute approximate surface area is 199 Å². The predicted molar refractivity (Wildman–Crippen MR) is 103 cm³/mol. The summed E-state index contributed by atoms with van der Waals surface area (Å²) in [6.45, 7) is 8.45. The lowest BCUT2D eigenvalue weighted by Crippen LogP contribution is -2.70. The van der Waals surface area contributed by atoms with Crippen molar-refractivity contribution in [1.29, 1.82) is 0 Å². The van der Waals surface area contributed by atoms with Gasteiger partial charge in [0.1, 0.15) is 0 Å². The predicted octanol–water partition coefficient (Wildman–Crippen LogP) is 8.54. The van der Waals surface area contributed by atoms with Crippen LogP contribution in [0.3, 0.4) is 0 Å². The van der Waals surface area contributed by atoms with Crippen molar-refractivity contribution in [3.8, 4) is 0 Å². The minimum absolute atomic E-state index is 0.131. The number of hydrogen-bond acceptors (Lipinski definition) is 2. The molecule has 0 saturated carbocycles. The maximum absolute atomic E-state index is 13.9. The summed E-state index contributed by atoms with van der Waals surface area (Å²) < 4.78 is 176. The quantitative estimate of drug-likeness (QED) is 0.167. The van der Waals surface area contributed by atoms with Crippen LogP contribution in [0.4, 0.5) is 57.1 Å². The van der Waals surface area contributed by atoms with E-state index in [1.807, 2.05) is 0 Å². The summed E-state index contributed by atoms with van der Waals surface area (Å²) in [4.78, 5) is 12.5. The third-order valence-electron chi connectivity index (χ3n) is 6.51. The SMILES string of the molecule is CCC(C)(C)CC(C(=O)OCCC(F)(F)C(F)(F)C(F)(F)C(F)(F)C(F)(F)C(F)(F)F)C(C)(C)CC. The van der Waals surface area contributed by atoms with Gasteiger partial charge in [-0.3, -0.25) is 4.79 Å². The Bertz CT molecular complexity index is 755. The zero-order valence-corrected chi connectivity index (χ0v) is 20.3. The number of ether oxygens (including phenoxy) is 1. The summed E-state index contributed by atoms with van der Waals surface area (Å²) in [5, 5.41) is 0. The summed E-state index contributed by atoms with van der Waals surface area (Å²) in [7, 11) is 0. The molecular formula is C21H29F13O2. The maximum atomic E-state index is 13.9. The van der Waals surface area contributed by atoms with E-state index in [9.17, 15) is 61.9 Å². The van der Waals surface area contributed by atoms with Crippen LogP contribution in [-0.2, 0) is 9.53 Å². The molecule has 0 rings (SSSR count). The highest BCUT2D eigenvalue weighted by Crippen LogP contribution is 2.60. The average Bonchev–Trinajstić information content (AvgIpc) is 2.70. The van der Waals surface area contributed by atoms with E-state index in [0.717, 1.165) is 0 Å². The molecule has 1 atom stereocenters. The number of carbonyl (C=O) groups is 1. The Kier molecular flexibility index (Phi) is 9.96. The molecule has 0 aliphatic rings. The number of carbonyl (C=O) groups excluding carboxylic acids is 1. The smallest absolute Gasteiger partial charge is 0.460 e. The largest absolute Gasteiger partial charge is 0.465 e. The second-order valence-electron chi connectivity index (χ2n) is 10.0. The van der Waals surface area contributed by atoms with Crippen molar-refractivity contribution in [1.82, 2.24) is 0 Å². The van der Waals surface area contributed by atoms with E-state index in [1.165, 1.54) is 0 Å². The highest BCUT2D eigenvalue weighted by molar-refractivity contribution is 5.73. The minimum Gasteiger partial charge on any atom is -0.465 e. The normalized spacial score (nSPS) is 16.2. The van der Waals surface area contributed by atoms with Crippen molar-refractivity contribution < 1.29 is 66.6 Å². The van der Waals surface area contributed by atoms with E-state index in [0.29, 0.717) is 12.8 Å². The summed E-state index contributed by atoms with van der Waals surface area (Å²) in [5.74, 6) is -39.4. The molecule has 216 valence electrons. The molecule has 1 unspecified atom stereocenters. The second-order valence-corrected chi connectivity index (χ2v) is 10.0. The fraction of sp³-hybridized carbons (Fsp3) is 0.952. The number of hydrogen-bond donors (Lipinski definition) is 0. The monoisotopic (exact) mass is 560 g/mol. The molecule has 0 aromatic carbocycles. The van der Waals surface area contributed by atoms with Crippen LogP contribution in [0.5, 0.6) is 0 Å². The lowest BCUT2D eigenvalue weighted by Gasteiger charge is -2.40. The highest BCUT2D eigenvalue weighted by atomic mass is 19.4. The standard InChI is InChI=1S/C21H29F13O2/c1-7-14(3,4)11-12(15(5,6)8-2)13(35)36-10-9-16(22,23)17(24,25)18(26,27)19(28,29)20(30,31)21(32,33)34/h12H,7-11H2,1-6H3. The Morgan fingerprint density at radius 1 is 0.667 bits per heavy atom. The van der Waals surface area contributed by atoms with Crippen LogP contribution in [0, 0.1) is 16.7 Å². The Hall–Kier alpha value is -1.44. The molecular weight excluding hydrogens is 531 g/mol. The molecule has 0 amide bonds. The number of alkyl halides is 13. The topological polar surface area (TPSA) is 26.3 Å². The zero-order valence-electron chi connectivity index (χ0n) is 20.3. The zero-order chi connectivity index (χ0) is 29.4. The van der Waals surface area contributed by atoms with Gasteiger partial charge in [0.25, 0.3) is 0 Å². The first kappa shape index (κ1) is 34.6. The molecule has 0 N–H and O–H groups in total. The molecule has 0 aliphatic carbocycles. The van der Waals surface area contributed by atoms with Crippen LogP contribution < -0.4 is 0 Å². The molecule has 0 saturated heterocycles. The van der Waals surface area contributed by atoms with Crippen molar-refractivity contribution >= 4 is 5.97 Å². The molecule has 0 aliphatic heterocycles. The van der Waals surface area contributed by atoms with E-state index < -0.39 is 71.5 Å². The highest BCUT2D eigenvalue weighted by Gasteiger charge is 2.90. The first-order valence-electron chi connectivity index (χ1n) is 10.7. The minimum atomic E-state index is -7.95. The Morgan fingerprint density at radius 3 is 1.44 bits per heavy atom. The van der Waals surface area contributed by atoms with Gasteiger partial charge in [-0.15, -0.1) is 0 Å². The van der Waals surface area contributed by atoms with Crippen molar-refractivity contribution in [2.75, 3.05) is 6.61 Å². The molecule has 0 aromatic rings. The van der Waals surface area contributed by atoms with Crippen LogP contribution in [0.15, 0.2) is 0 Å². The van der Waals surface area contributed by atoms with Crippen LogP contribution in [0.25, 0.3) is 0 Å². The fourth-order valence-electron chi connectivity index (χ4n) is 2.96. The Morgan fingerprint density at radius 2 is 1.08 bits per heavy atom. The van der Waals surface area contributed by atoms with Gasteiger partial charge in [0.05, 0.1) is 18.9 Å². The second kappa shape index (κ2) is 10.4. The van der Waals surface area contributed by atoms with Gasteiger partial charge in [0.15, 0.2) is 0 Å². The van der Waals surface area contributed by atoms with Crippen molar-refractivity contribution in [2.45, 2.75) is 103 Å². The van der Waals surface area contributed by atoms with Crippen molar-refractivity contribution in [2.24, 2.45) is 16.7 Å². The molecule has 0 aromatic heterocycles. The van der Waals surface area contributed by atoms with E-state index in [4.69, 9.17) is 0 Å². The van der Waals surface area contributed by atoms with E-state index in [2.05, 4.69) is 4.74 Å². The third-order valence-corrected chi connectivity index (χ3v) is 6.51. The van der Waals surface area contributed by atoms with Gasteiger partial charge in [-0.1, -0.05) is 54.4 Å². The van der Waals surface area contributed by atoms with Gasteiger partial charge in [-0.25, -0.2) is 0 Å². The van der Waals surface area contributed by atoms with Gasteiger partial charge < -0.3 is 4.74 Å². The molecule has 0 radical (unpaired) electrons. The summed E-state index contributed by atoms with van der Waals surface area (Å²) in [5.41, 5.74) is -1.29. The van der Waals surface area contributed by atoms with Gasteiger partial charge >= 0.3 is 41.8 Å². The van der Waals surface area contributed by atoms with Gasteiger partial charge in [-0.05, 0) is 17.3 Å². The van der Waals surface area contributed by atoms with E-state index >= 15 is 0 Å². The first-order valence-corrected chi connectivity index (χ1v) is 10.7. The van der Waals surface area contributed by atoms with E-state index in [1.54, 1.807) is 41.5 Å². The van der Waals surface area contributed by atoms with Gasteiger partial charge in [0.2, 0.25) is 0 Å². The van der Waals surface area contributed by atoms with E-state index in [-0.39, 0.29) is 6.42 Å². The van der Waals surface area contributed by atoms with Crippen LogP contribution >= 0.6 is 0 Å². The summed E-state index contributed by atoms with van der Waals surface area (Å²) in [6.07, 6.45) is -8.99. The third kappa shape index (κ3) is 6.33. The van der Waals surface area contributed by atoms with Crippen LogP contribution in [-0.4, -0.2) is 48.4 Å². The molecule has 0 spiro atoms. The number of esters is 1. The number of rotatable bonds is 13. The van der Waals surface area contributed by atoms with Crippen LogP contribution in [0.1, 0.15) is 67.2 Å². The number of halogens is 13. The summed E-state index contributed by atoms with van der Waals surface area (Å²) >= 11 is 0. The lowest BCUT2D eigenvalue weighted by atomic mass is 9.68.